The molecule has 0 fully saturated rings. The number of para-hydroxylation sites is 5. The largest absolute Gasteiger partial charge is 0.309 e. The molecule has 0 radical (unpaired) electrons. The summed E-state index contributed by atoms with van der Waals surface area (Å²) >= 11 is 0. The Balaban J connectivity index is 0.749. The van der Waals surface area contributed by atoms with Crippen LogP contribution in [0.15, 0.2) is 346 Å². The lowest BCUT2D eigenvalue weighted by Gasteiger charge is -2.15. The molecule has 0 saturated heterocycles. The van der Waals surface area contributed by atoms with E-state index in [2.05, 4.69) is 369 Å². The Morgan fingerprint density at radius 2 is 0.368 bits per heavy atom. The third-order valence-electron chi connectivity index (χ3n) is 20.0. The van der Waals surface area contributed by atoms with E-state index in [4.69, 9.17) is 0 Å². The summed E-state index contributed by atoms with van der Waals surface area (Å²) in [6, 6.07) is 128. The SMILES string of the molecule is c1ccc(-c2ccc(-n3c4ccccc4c4cc5c6cc(-c7ccc8c(c7)c7ccccc7n8-c7ccc(-n8c9ccccc9c9cc%10c%11ccccc%11n(-c%11ccccc%11)c%10cc98)cc7)ccc6n(-c6cc(-c7ccccc7)cc(-c7ccccc7)c6)c5cc43)cc2)cc1. The molecule has 5 aromatic heterocycles. The summed E-state index contributed by atoms with van der Waals surface area (Å²) in [5, 5.41) is 12.2. The number of rotatable bonds is 9. The van der Waals surface area contributed by atoms with E-state index in [0.717, 1.165) is 56.1 Å². The first-order chi connectivity index (χ1) is 47.1. The van der Waals surface area contributed by atoms with Crippen molar-refractivity contribution >= 4 is 109 Å². The van der Waals surface area contributed by atoms with Crippen molar-refractivity contribution in [3.63, 3.8) is 0 Å². The molecule has 0 unspecified atom stereocenters. The normalized spacial score (nSPS) is 12.0. The van der Waals surface area contributed by atoms with Gasteiger partial charge in [0.1, 0.15) is 0 Å². The van der Waals surface area contributed by atoms with Crippen LogP contribution in [-0.2, 0) is 0 Å². The fourth-order valence-electron chi connectivity index (χ4n) is 15.7. The zero-order valence-electron chi connectivity index (χ0n) is 51.6. The van der Waals surface area contributed by atoms with E-state index in [1.165, 1.54) is 126 Å². The predicted octanol–water partition coefficient (Wildman–Crippen LogP) is 23.8. The van der Waals surface area contributed by atoms with Crippen LogP contribution in [0.4, 0.5) is 0 Å². The molecule has 20 aromatic rings. The third-order valence-corrected chi connectivity index (χ3v) is 20.0. The minimum Gasteiger partial charge on any atom is -0.309 e. The highest BCUT2D eigenvalue weighted by Crippen LogP contribution is 2.45. The zero-order valence-corrected chi connectivity index (χ0v) is 51.6. The second kappa shape index (κ2) is 20.9. The lowest BCUT2D eigenvalue weighted by atomic mass is 9.98. The van der Waals surface area contributed by atoms with Gasteiger partial charge in [-0.1, -0.05) is 206 Å². The summed E-state index contributed by atoms with van der Waals surface area (Å²) in [4.78, 5) is 0. The van der Waals surface area contributed by atoms with Crippen LogP contribution in [0.3, 0.4) is 0 Å². The Hall–Kier alpha value is -12.7. The molecule has 0 spiro atoms. The van der Waals surface area contributed by atoms with Gasteiger partial charge in [0.2, 0.25) is 0 Å². The molecule has 15 aromatic carbocycles. The summed E-state index contributed by atoms with van der Waals surface area (Å²) in [5.74, 6) is 0. The Bertz CT molecular complexity index is 6400. The van der Waals surface area contributed by atoms with Gasteiger partial charge in [-0.05, 0) is 184 Å². The van der Waals surface area contributed by atoms with Crippen molar-refractivity contribution in [2.24, 2.45) is 0 Å². The summed E-state index contributed by atoms with van der Waals surface area (Å²) in [6.07, 6.45) is 0. The molecule has 0 aliphatic heterocycles. The summed E-state index contributed by atoms with van der Waals surface area (Å²) < 4.78 is 12.3. The van der Waals surface area contributed by atoms with Crippen LogP contribution in [0.25, 0.3) is 182 Å². The van der Waals surface area contributed by atoms with Gasteiger partial charge >= 0.3 is 0 Å². The van der Waals surface area contributed by atoms with E-state index < -0.39 is 0 Å². The maximum absolute atomic E-state index is 2.51. The van der Waals surface area contributed by atoms with Gasteiger partial charge in [-0.15, -0.1) is 0 Å². The predicted molar refractivity (Wildman–Crippen MR) is 400 cm³/mol. The van der Waals surface area contributed by atoms with Gasteiger partial charge in [-0.2, -0.15) is 0 Å². The topological polar surface area (TPSA) is 24.6 Å². The van der Waals surface area contributed by atoms with Crippen molar-refractivity contribution in [2.45, 2.75) is 0 Å². The average molecular weight is 1210 g/mol. The van der Waals surface area contributed by atoms with Crippen LogP contribution in [0.1, 0.15) is 0 Å². The van der Waals surface area contributed by atoms with E-state index in [-0.39, 0.29) is 0 Å². The number of aromatic nitrogens is 5. The minimum atomic E-state index is 1.11. The molecule has 0 aliphatic rings. The molecular weight excluding hydrogens is 1150 g/mol. The Labute approximate surface area is 547 Å². The third kappa shape index (κ3) is 8.23. The van der Waals surface area contributed by atoms with Gasteiger partial charge in [0, 0.05) is 82.3 Å². The summed E-state index contributed by atoms with van der Waals surface area (Å²) in [6.45, 7) is 0. The van der Waals surface area contributed by atoms with Crippen molar-refractivity contribution in [2.75, 3.05) is 0 Å². The molecule has 0 aliphatic carbocycles. The fraction of sp³-hybridized carbons (Fsp3) is 0. The molecular formula is C90H57N5. The number of hydrogen-bond donors (Lipinski definition) is 0. The minimum absolute atomic E-state index is 1.11. The lowest BCUT2D eigenvalue weighted by Crippen LogP contribution is -1.98. The van der Waals surface area contributed by atoms with Crippen LogP contribution < -0.4 is 0 Å². The molecule has 0 atom stereocenters. The van der Waals surface area contributed by atoms with Gasteiger partial charge in [0.05, 0.1) is 55.2 Å². The standard InChI is InChI=1S/C90H57N5/c1-5-21-58(22-6-1)61-37-41-67(42-38-61)93-83-35-19-16-32-74(83)79-55-80-76-53-63(40-48-86(76)95(90(80)57-89(79)93)70-50-64(59-23-7-2-8-24-59)49-65(51-70)60-25-9-3-10-26-60)62-39-47-85-75(52-62)71-29-13-17-33-81(71)91(85)68-43-45-69(46-44-68)94-84-36-20-15-31-73(84)78-54-77-72-30-14-18-34-82(72)92(87(77)56-88(78)94)66-27-11-4-12-28-66/h1-57H. The van der Waals surface area contributed by atoms with Crippen molar-refractivity contribution in [3.05, 3.63) is 346 Å². The average Bonchev–Trinajstić information content (AvgIpc) is 1.57. The van der Waals surface area contributed by atoms with E-state index in [1.807, 2.05) is 0 Å². The second-order valence-electron chi connectivity index (χ2n) is 25.2. The summed E-state index contributed by atoms with van der Waals surface area (Å²) in [7, 11) is 0. The van der Waals surface area contributed by atoms with Gasteiger partial charge in [0.25, 0.3) is 0 Å². The monoisotopic (exact) mass is 1210 g/mol. The first-order valence-electron chi connectivity index (χ1n) is 32.7. The van der Waals surface area contributed by atoms with Gasteiger partial charge < -0.3 is 22.8 Å². The van der Waals surface area contributed by atoms with Gasteiger partial charge in [0.15, 0.2) is 0 Å². The van der Waals surface area contributed by atoms with Crippen LogP contribution in [0, 0.1) is 0 Å². The molecule has 5 heterocycles. The zero-order chi connectivity index (χ0) is 62.2. The Morgan fingerprint density at radius 3 is 0.768 bits per heavy atom. The summed E-state index contributed by atoms with van der Waals surface area (Å²) in [5.41, 5.74) is 26.7. The first kappa shape index (κ1) is 53.0. The van der Waals surface area contributed by atoms with Crippen molar-refractivity contribution < 1.29 is 0 Å². The highest BCUT2D eigenvalue weighted by molar-refractivity contribution is 6.21. The highest BCUT2D eigenvalue weighted by atomic mass is 15.0. The molecule has 0 bridgehead atoms. The smallest absolute Gasteiger partial charge is 0.0562 e. The highest BCUT2D eigenvalue weighted by Gasteiger charge is 2.23. The molecule has 20 rings (SSSR count). The molecule has 5 heteroatoms. The van der Waals surface area contributed by atoms with Gasteiger partial charge in [-0.3, -0.25) is 0 Å². The Morgan fingerprint density at radius 1 is 0.116 bits per heavy atom. The maximum Gasteiger partial charge on any atom is 0.0562 e. The van der Waals surface area contributed by atoms with E-state index in [1.54, 1.807) is 0 Å². The van der Waals surface area contributed by atoms with Crippen LogP contribution in [-0.4, -0.2) is 22.8 Å². The second-order valence-corrected chi connectivity index (χ2v) is 25.2. The molecule has 0 N–H and O–H groups in total. The van der Waals surface area contributed by atoms with Crippen molar-refractivity contribution in [1.29, 1.82) is 0 Å². The molecule has 0 saturated carbocycles. The molecule has 442 valence electrons. The van der Waals surface area contributed by atoms with Crippen LogP contribution in [0.2, 0.25) is 0 Å². The molecule has 95 heavy (non-hydrogen) atoms. The van der Waals surface area contributed by atoms with Crippen LogP contribution in [0.5, 0.6) is 0 Å². The fourth-order valence-corrected chi connectivity index (χ4v) is 15.7. The van der Waals surface area contributed by atoms with E-state index >= 15 is 0 Å². The maximum atomic E-state index is 2.51. The van der Waals surface area contributed by atoms with Crippen LogP contribution >= 0.6 is 0 Å². The van der Waals surface area contributed by atoms with Crippen molar-refractivity contribution in [1.82, 2.24) is 22.8 Å². The quantitative estimate of drug-likeness (QED) is 0.138. The number of benzene rings is 15. The van der Waals surface area contributed by atoms with E-state index in [9.17, 15) is 0 Å². The van der Waals surface area contributed by atoms with Crippen molar-refractivity contribution in [3.8, 4) is 72.9 Å². The number of hydrogen-bond acceptors (Lipinski definition) is 0. The molecule has 0 amide bonds. The lowest BCUT2D eigenvalue weighted by molar-refractivity contribution is 1.14. The molecule has 5 nitrogen and oxygen atoms in total. The Kier molecular flexibility index (Phi) is 11.7. The van der Waals surface area contributed by atoms with Gasteiger partial charge in [-0.25, -0.2) is 0 Å². The van der Waals surface area contributed by atoms with E-state index in [0.29, 0.717) is 0 Å². The number of nitrogens with zero attached hydrogens (tertiary/aromatic N) is 5. The first-order valence-corrected chi connectivity index (χ1v) is 32.7. The number of fused-ring (bicyclic) bond motifs is 15.